The fourth-order valence-corrected chi connectivity index (χ4v) is 7.11. The number of aryl methyl sites for hydroxylation is 1. The fourth-order valence-electron chi connectivity index (χ4n) is 6.00. The van der Waals surface area contributed by atoms with Gasteiger partial charge in [-0.2, -0.15) is 0 Å². The van der Waals surface area contributed by atoms with E-state index in [0.717, 1.165) is 85.7 Å². The summed E-state index contributed by atoms with van der Waals surface area (Å²) in [6.07, 6.45) is 9.55. The van der Waals surface area contributed by atoms with Crippen LogP contribution in [0.3, 0.4) is 0 Å². The summed E-state index contributed by atoms with van der Waals surface area (Å²) in [5.41, 5.74) is 6.18. The summed E-state index contributed by atoms with van der Waals surface area (Å²) < 4.78 is 26.6. The lowest BCUT2D eigenvalue weighted by molar-refractivity contribution is -0.112. The number of unbranched alkanes of at least 4 members (excludes halogenated alkanes) is 1. The minimum Gasteiger partial charge on any atom is -0.611 e. The first kappa shape index (κ1) is 37.2. The maximum Gasteiger partial charge on any atom is 0.251 e. The molecule has 0 spiro atoms. The average molecular weight is 699 g/mol. The van der Waals surface area contributed by atoms with Crippen molar-refractivity contribution in [3.8, 4) is 16.9 Å². The monoisotopic (exact) mass is 698 g/mol. The average Bonchev–Trinajstić information content (AvgIpc) is 3.80. The molecule has 50 heavy (non-hydrogen) atoms. The standard InChI is InChI=1S/C40H50N4O5S/c1-4-6-20-48-21-22-49-37-12-7-32(8-13-37)33-9-16-39(43-19-17-31(26-43)27-45)34(24-33)23-30(3)40(46)42-35-10-14-38(15-11-35)50(47)28-36-25-41-29-44(36)18-5-2/h7-16,23-25,29,31,45H,4-6,17-22,26-28H2,1-3H3,(H,42,46)/t31?,50-/m0/s1. The number of aliphatic hydroxyl groups excluding tert-OH is 1. The lowest BCUT2D eigenvalue weighted by atomic mass is 9.99. The number of hydrogen-bond acceptors (Lipinski definition) is 7. The Kier molecular flexibility index (Phi) is 14.0. The molecule has 0 aliphatic carbocycles. The van der Waals surface area contributed by atoms with Crippen molar-refractivity contribution in [3.05, 3.63) is 96.1 Å². The third-order valence-corrected chi connectivity index (χ3v) is 10.2. The number of rotatable bonds is 18. The Bertz CT molecular complexity index is 1690. The summed E-state index contributed by atoms with van der Waals surface area (Å²) in [4.78, 5) is 20.6. The van der Waals surface area contributed by atoms with E-state index in [-0.39, 0.29) is 18.4 Å². The lowest BCUT2D eigenvalue weighted by Gasteiger charge is -2.22. The summed E-state index contributed by atoms with van der Waals surface area (Å²) in [6, 6.07) is 21.5. The Morgan fingerprint density at radius 1 is 1.04 bits per heavy atom. The molecule has 1 aliphatic rings. The Hall–Kier alpha value is -4.09. The molecule has 9 nitrogen and oxygen atoms in total. The van der Waals surface area contributed by atoms with Crippen molar-refractivity contribution in [1.82, 2.24) is 9.55 Å². The quantitative estimate of drug-likeness (QED) is 0.0636. The van der Waals surface area contributed by atoms with E-state index in [0.29, 0.717) is 35.1 Å². The summed E-state index contributed by atoms with van der Waals surface area (Å²) in [7, 11) is 0. The molecule has 1 unspecified atom stereocenters. The van der Waals surface area contributed by atoms with Crippen molar-refractivity contribution in [2.75, 3.05) is 49.7 Å². The van der Waals surface area contributed by atoms with Crippen LogP contribution in [-0.2, 0) is 33.0 Å². The van der Waals surface area contributed by atoms with E-state index < -0.39 is 11.2 Å². The van der Waals surface area contributed by atoms with Crippen molar-refractivity contribution >= 4 is 34.5 Å². The van der Waals surface area contributed by atoms with Gasteiger partial charge >= 0.3 is 0 Å². The van der Waals surface area contributed by atoms with E-state index in [4.69, 9.17) is 9.47 Å². The number of aromatic nitrogens is 2. The molecule has 1 saturated heterocycles. The smallest absolute Gasteiger partial charge is 0.251 e. The van der Waals surface area contributed by atoms with Crippen LogP contribution in [0.4, 0.5) is 11.4 Å². The van der Waals surface area contributed by atoms with Gasteiger partial charge < -0.3 is 33.9 Å². The molecule has 1 amide bonds. The van der Waals surface area contributed by atoms with Gasteiger partial charge in [0, 0.05) is 55.7 Å². The van der Waals surface area contributed by atoms with Crippen molar-refractivity contribution in [1.29, 1.82) is 0 Å². The number of nitrogens with zero attached hydrogens (tertiary/aromatic N) is 3. The van der Waals surface area contributed by atoms with Crippen LogP contribution in [0.1, 0.15) is 57.7 Å². The third kappa shape index (κ3) is 10.2. The van der Waals surface area contributed by atoms with Crippen LogP contribution in [0.2, 0.25) is 0 Å². The predicted octanol–water partition coefficient (Wildman–Crippen LogP) is 7.32. The highest BCUT2D eigenvalue weighted by Gasteiger charge is 2.24. The summed E-state index contributed by atoms with van der Waals surface area (Å²) in [5, 5.41) is 12.8. The second-order valence-electron chi connectivity index (χ2n) is 12.8. The van der Waals surface area contributed by atoms with Gasteiger partial charge in [-0.3, -0.25) is 4.79 Å². The zero-order valence-electron chi connectivity index (χ0n) is 29.5. The second-order valence-corrected chi connectivity index (χ2v) is 14.2. The Morgan fingerprint density at radius 3 is 2.54 bits per heavy atom. The fraction of sp³-hybridized carbons (Fsp3) is 0.400. The lowest BCUT2D eigenvalue weighted by Crippen LogP contribution is -2.21. The summed E-state index contributed by atoms with van der Waals surface area (Å²) in [5.74, 6) is 1.20. The highest BCUT2D eigenvalue weighted by molar-refractivity contribution is 7.90. The van der Waals surface area contributed by atoms with Crippen molar-refractivity contribution < 1.29 is 23.9 Å². The molecule has 0 saturated carbocycles. The summed E-state index contributed by atoms with van der Waals surface area (Å²) in [6.45, 7) is 10.5. The first-order chi connectivity index (χ1) is 24.4. The van der Waals surface area contributed by atoms with Crippen LogP contribution < -0.4 is 15.0 Å². The van der Waals surface area contributed by atoms with Gasteiger partial charge in [-0.25, -0.2) is 4.98 Å². The predicted molar refractivity (Wildman–Crippen MR) is 202 cm³/mol. The molecule has 5 rings (SSSR count). The normalized spacial score (nSPS) is 15.3. The molecular formula is C40H50N4O5S. The number of carbonyl (C=O) groups is 1. The number of imidazole rings is 1. The van der Waals surface area contributed by atoms with Gasteiger partial charge in [-0.05, 0) is 109 Å². The van der Waals surface area contributed by atoms with E-state index in [1.807, 2.05) is 41.8 Å². The van der Waals surface area contributed by atoms with Gasteiger partial charge in [0.2, 0.25) is 0 Å². The molecule has 3 aromatic carbocycles. The van der Waals surface area contributed by atoms with Gasteiger partial charge in [0.15, 0.2) is 10.6 Å². The van der Waals surface area contributed by atoms with Crippen LogP contribution in [0, 0.1) is 5.92 Å². The third-order valence-electron chi connectivity index (χ3n) is 8.89. The van der Waals surface area contributed by atoms with E-state index in [1.54, 1.807) is 36.8 Å². The highest BCUT2D eigenvalue weighted by Crippen LogP contribution is 2.33. The zero-order valence-corrected chi connectivity index (χ0v) is 30.3. The molecule has 1 aromatic heterocycles. The first-order valence-corrected chi connectivity index (χ1v) is 19.0. The second kappa shape index (κ2) is 18.8. The maximum absolute atomic E-state index is 13.4. The van der Waals surface area contributed by atoms with E-state index in [1.165, 1.54) is 0 Å². The largest absolute Gasteiger partial charge is 0.611 e. The van der Waals surface area contributed by atoms with E-state index in [9.17, 15) is 14.5 Å². The van der Waals surface area contributed by atoms with Crippen LogP contribution >= 0.6 is 0 Å². The minimum absolute atomic E-state index is 0.163. The molecule has 1 fully saturated rings. The van der Waals surface area contributed by atoms with Gasteiger partial charge in [0.25, 0.3) is 5.91 Å². The molecule has 2 heterocycles. The number of hydrogen-bond donors (Lipinski definition) is 2. The molecule has 1 aliphatic heterocycles. The van der Waals surface area contributed by atoms with Gasteiger partial charge in [-0.15, -0.1) is 0 Å². The molecule has 10 heteroatoms. The SMILES string of the molecule is CCCCOCCOc1ccc(-c2ccc(N3CCC(CO)C3)c(C=C(C)C(=O)Nc3ccc([S@@+]([O-])Cc4cncn4CCC)cc3)c2)cc1. The highest BCUT2D eigenvalue weighted by atomic mass is 32.2. The number of nitrogens with one attached hydrogen (secondary N) is 1. The van der Waals surface area contributed by atoms with Gasteiger partial charge in [-0.1, -0.05) is 38.5 Å². The maximum atomic E-state index is 13.4. The number of amides is 1. The number of ether oxygens (including phenoxy) is 2. The molecule has 0 radical (unpaired) electrons. The number of carbonyl (C=O) groups excluding carboxylic acids is 1. The number of anilines is 2. The summed E-state index contributed by atoms with van der Waals surface area (Å²) >= 11 is -1.23. The number of aliphatic hydroxyl groups is 1. The van der Waals surface area contributed by atoms with E-state index >= 15 is 0 Å². The molecule has 2 atom stereocenters. The molecule has 4 aromatic rings. The minimum atomic E-state index is -1.23. The molecular weight excluding hydrogens is 649 g/mol. The van der Waals surface area contributed by atoms with Crippen LogP contribution in [0.15, 0.2) is 89.7 Å². The van der Waals surface area contributed by atoms with Crippen LogP contribution in [0.25, 0.3) is 17.2 Å². The van der Waals surface area contributed by atoms with E-state index in [2.05, 4.69) is 47.2 Å². The zero-order chi connectivity index (χ0) is 35.3. The molecule has 266 valence electrons. The Morgan fingerprint density at radius 2 is 1.82 bits per heavy atom. The Balaban J connectivity index is 1.27. The van der Waals surface area contributed by atoms with Crippen molar-refractivity contribution in [2.45, 2.75) is 63.6 Å². The van der Waals surface area contributed by atoms with Crippen molar-refractivity contribution in [2.24, 2.45) is 5.92 Å². The van der Waals surface area contributed by atoms with Crippen molar-refractivity contribution in [3.63, 3.8) is 0 Å². The Labute approximate surface area is 299 Å². The van der Waals surface area contributed by atoms with Crippen LogP contribution in [0.5, 0.6) is 5.75 Å². The molecule has 0 bridgehead atoms. The molecule has 2 N–H and O–H groups in total. The first-order valence-electron chi connectivity index (χ1n) is 17.7. The van der Waals surface area contributed by atoms with Crippen LogP contribution in [-0.4, -0.2) is 64.6 Å². The topological polar surface area (TPSA) is 112 Å². The van der Waals surface area contributed by atoms with Gasteiger partial charge in [0.05, 0.1) is 24.8 Å². The van der Waals surface area contributed by atoms with Gasteiger partial charge in [0.1, 0.15) is 12.4 Å². The number of benzene rings is 3.